The van der Waals surface area contributed by atoms with E-state index in [-0.39, 0.29) is 18.1 Å². The lowest BCUT2D eigenvalue weighted by Crippen LogP contribution is -2.31. The molecule has 0 saturated heterocycles. The summed E-state index contributed by atoms with van der Waals surface area (Å²) in [5, 5.41) is 2.62. The molecule has 0 spiro atoms. The van der Waals surface area contributed by atoms with Crippen molar-refractivity contribution in [2.75, 3.05) is 6.61 Å². The Kier molecular flexibility index (Phi) is 5.09. The number of benzene rings is 2. The molecule has 0 aliphatic rings. The lowest BCUT2D eigenvalue weighted by molar-refractivity contribution is -0.123. The number of carbonyl (C=O) groups is 1. The van der Waals surface area contributed by atoms with E-state index < -0.39 is 17.7 Å². The number of halogens is 2. The second-order valence-corrected chi connectivity index (χ2v) is 5.01. The van der Waals surface area contributed by atoms with Crippen molar-refractivity contribution in [3.05, 3.63) is 65.2 Å². The van der Waals surface area contributed by atoms with Crippen LogP contribution in [0.15, 0.2) is 42.5 Å². The van der Waals surface area contributed by atoms with Gasteiger partial charge in [0.15, 0.2) is 6.61 Å². The van der Waals surface area contributed by atoms with E-state index in [2.05, 4.69) is 5.32 Å². The van der Waals surface area contributed by atoms with Gasteiger partial charge in [-0.2, -0.15) is 0 Å². The number of nitrogens with one attached hydrogen (secondary N) is 1. The Hall–Kier alpha value is -2.43. The van der Waals surface area contributed by atoms with Crippen LogP contribution in [0.25, 0.3) is 0 Å². The number of ether oxygens (including phenoxy) is 1. The van der Waals surface area contributed by atoms with Crippen molar-refractivity contribution in [3.8, 4) is 5.75 Å². The van der Waals surface area contributed by atoms with Crippen LogP contribution in [0.3, 0.4) is 0 Å². The lowest BCUT2D eigenvalue weighted by Gasteiger charge is -2.16. The molecule has 3 nitrogen and oxygen atoms in total. The van der Waals surface area contributed by atoms with Crippen LogP contribution in [0.5, 0.6) is 5.75 Å². The Morgan fingerprint density at radius 1 is 1.23 bits per heavy atom. The van der Waals surface area contributed by atoms with Gasteiger partial charge in [0.25, 0.3) is 5.91 Å². The SMILES string of the molecule is Cc1ccccc1OCC(=O)N[C@H](C)c1ccc(F)cc1F. The summed E-state index contributed by atoms with van der Waals surface area (Å²) in [6.07, 6.45) is 0. The van der Waals surface area contributed by atoms with E-state index in [9.17, 15) is 13.6 Å². The van der Waals surface area contributed by atoms with E-state index >= 15 is 0 Å². The molecule has 0 fully saturated rings. The summed E-state index contributed by atoms with van der Waals surface area (Å²) < 4.78 is 31.9. The first-order valence-electron chi connectivity index (χ1n) is 6.90. The maximum atomic E-state index is 13.6. The fourth-order valence-electron chi connectivity index (χ4n) is 2.08. The minimum Gasteiger partial charge on any atom is -0.484 e. The number of hydrogen-bond acceptors (Lipinski definition) is 2. The zero-order valence-corrected chi connectivity index (χ0v) is 12.4. The fourth-order valence-corrected chi connectivity index (χ4v) is 2.08. The standard InChI is InChI=1S/C17H17F2NO2/c1-11-5-3-4-6-16(11)22-10-17(21)20-12(2)14-8-7-13(18)9-15(14)19/h3-9,12H,10H2,1-2H3,(H,20,21)/t12-/m1/s1. The van der Waals surface area contributed by atoms with Gasteiger partial charge in [-0.15, -0.1) is 0 Å². The van der Waals surface area contributed by atoms with E-state index in [1.165, 1.54) is 6.07 Å². The Morgan fingerprint density at radius 2 is 1.95 bits per heavy atom. The summed E-state index contributed by atoms with van der Waals surface area (Å²) in [6, 6.07) is 10.0. The van der Waals surface area contributed by atoms with Crippen molar-refractivity contribution in [2.45, 2.75) is 19.9 Å². The van der Waals surface area contributed by atoms with Crippen LogP contribution in [0.2, 0.25) is 0 Å². The van der Waals surface area contributed by atoms with Gasteiger partial charge in [0.05, 0.1) is 6.04 Å². The Morgan fingerprint density at radius 3 is 2.64 bits per heavy atom. The number of amides is 1. The van der Waals surface area contributed by atoms with Gasteiger partial charge in [-0.05, 0) is 31.5 Å². The first-order chi connectivity index (χ1) is 10.5. The third-order valence-corrected chi connectivity index (χ3v) is 3.26. The van der Waals surface area contributed by atoms with E-state index in [1.807, 2.05) is 25.1 Å². The zero-order valence-electron chi connectivity index (χ0n) is 12.4. The van der Waals surface area contributed by atoms with E-state index in [1.54, 1.807) is 13.0 Å². The van der Waals surface area contributed by atoms with Crippen LogP contribution >= 0.6 is 0 Å². The Bertz CT molecular complexity index is 673. The summed E-state index contributed by atoms with van der Waals surface area (Å²) in [5.74, 6) is -1.09. The summed E-state index contributed by atoms with van der Waals surface area (Å²) in [4.78, 5) is 11.9. The maximum Gasteiger partial charge on any atom is 0.258 e. The molecule has 0 bridgehead atoms. The van der Waals surface area contributed by atoms with Crippen LogP contribution in [0.4, 0.5) is 8.78 Å². The molecule has 0 unspecified atom stereocenters. The van der Waals surface area contributed by atoms with Gasteiger partial charge in [0.2, 0.25) is 0 Å². The molecule has 0 radical (unpaired) electrons. The molecule has 116 valence electrons. The van der Waals surface area contributed by atoms with Crippen molar-refractivity contribution in [2.24, 2.45) is 0 Å². The van der Waals surface area contributed by atoms with Crippen LogP contribution in [0, 0.1) is 18.6 Å². The molecule has 1 atom stereocenters. The van der Waals surface area contributed by atoms with Gasteiger partial charge in [-0.25, -0.2) is 8.78 Å². The minimum absolute atomic E-state index is 0.169. The maximum absolute atomic E-state index is 13.6. The molecular formula is C17H17F2NO2. The van der Waals surface area contributed by atoms with Crippen molar-refractivity contribution in [3.63, 3.8) is 0 Å². The van der Waals surface area contributed by atoms with E-state index in [4.69, 9.17) is 4.74 Å². The molecule has 2 rings (SSSR count). The van der Waals surface area contributed by atoms with Gasteiger partial charge < -0.3 is 10.1 Å². The monoisotopic (exact) mass is 305 g/mol. The Balaban J connectivity index is 1.93. The van der Waals surface area contributed by atoms with E-state index in [0.717, 1.165) is 17.7 Å². The van der Waals surface area contributed by atoms with Gasteiger partial charge >= 0.3 is 0 Å². The summed E-state index contributed by atoms with van der Waals surface area (Å²) in [7, 11) is 0. The van der Waals surface area contributed by atoms with Gasteiger partial charge in [-0.1, -0.05) is 24.3 Å². The summed E-state index contributed by atoms with van der Waals surface area (Å²) in [5.41, 5.74) is 1.15. The highest BCUT2D eigenvalue weighted by Crippen LogP contribution is 2.18. The fraction of sp³-hybridized carbons (Fsp3) is 0.235. The number of hydrogen-bond donors (Lipinski definition) is 1. The van der Waals surface area contributed by atoms with Crippen LogP contribution in [-0.2, 0) is 4.79 Å². The van der Waals surface area contributed by atoms with Crippen LogP contribution in [0.1, 0.15) is 24.1 Å². The van der Waals surface area contributed by atoms with Crippen LogP contribution in [-0.4, -0.2) is 12.5 Å². The molecule has 0 heterocycles. The van der Waals surface area contributed by atoms with Crippen molar-refractivity contribution in [1.82, 2.24) is 5.32 Å². The normalized spacial score (nSPS) is 11.8. The predicted octanol–water partition coefficient (Wildman–Crippen LogP) is 3.53. The third kappa shape index (κ3) is 4.04. The molecular weight excluding hydrogens is 288 g/mol. The second-order valence-electron chi connectivity index (χ2n) is 5.01. The molecule has 0 saturated carbocycles. The highest BCUT2D eigenvalue weighted by atomic mass is 19.1. The highest BCUT2D eigenvalue weighted by Gasteiger charge is 2.14. The molecule has 5 heteroatoms. The Labute approximate surface area is 127 Å². The van der Waals surface area contributed by atoms with Crippen molar-refractivity contribution >= 4 is 5.91 Å². The lowest BCUT2D eigenvalue weighted by atomic mass is 10.1. The second kappa shape index (κ2) is 7.02. The predicted molar refractivity (Wildman–Crippen MR) is 79.6 cm³/mol. The van der Waals surface area contributed by atoms with E-state index in [0.29, 0.717) is 5.75 Å². The third-order valence-electron chi connectivity index (χ3n) is 3.26. The molecule has 22 heavy (non-hydrogen) atoms. The number of aryl methyl sites for hydroxylation is 1. The molecule has 1 amide bonds. The first kappa shape index (κ1) is 15.9. The molecule has 1 N–H and O–H groups in total. The average Bonchev–Trinajstić information content (AvgIpc) is 2.46. The minimum atomic E-state index is -0.687. The topological polar surface area (TPSA) is 38.3 Å². The zero-order chi connectivity index (χ0) is 16.1. The number of carbonyl (C=O) groups excluding carboxylic acids is 1. The van der Waals surface area contributed by atoms with Gasteiger partial charge in [0.1, 0.15) is 17.4 Å². The molecule has 2 aromatic rings. The first-order valence-corrected chi connectivity index (χ1v) is 6.90. The molecule has 2 aromatic carbocycles. The molecule has 0 aliphatic heterocycles. The smallest absolute Gasteiger partial charge is 0.258 e. The number of para-hydroxylation sites is 1. The number of rotatable bonds is 5. The van der Waals surface area contributed by atoms with Gasteiger partial charge in [0, 0.05) is 11.6 Å². The highest BCUT2D eigenvalue weighted by molar-refractivity contribution is 5.78. The summed E-state index contributed by atoms with van der Waals surface area (Å²) in [6.45, 7) is 3.34. The van der Waals surface area contributed by atoms with Gasteiger partial charge in [-0.3, -0.25) is 4.79 Å². The van der Waals surface area contributed by atoms with Crippen LogP contribution < -0.4 is 10.1 Å². The summed E-state index contributed by atoms with van der Waals surface area (Å²) >= 11 is 0. The van der Waals surface area contributed by atoms with Crippen molar-refractivity contribution in [1.29, 1.82) is 0 Å². The molecule has 0 aliphatic carbocycles. The average molecular weight is 305 g/mol. The van der Waals surface area contributed by atoms with Crippen molar-refractivity contribution < 1.29 is 18.3 Å². The quantitative estimate of drug-likeness (QED) is 0.917. The molecule has 0 aromatic heterocycles. The largest absolute Gasteiger partial charge is 0.484 e.